The minimum atomic E-state index is 0.0700. The fourth-order valence-electron chi connectivity index (χ4n) is 1.97. The highest BCUT2D eigenvalue weighted by Crippen LogP contribution is 2.06. The first-order valence-corrected chi connectivity index (χ1v) is 7.09. The topological polar surface area (TPSA) is 56.4 Å². The molecule has 1 atom stereocenters. The van der Waals surface area contributed by atoms with E-state index in [1.165, 1.54) is 6.42 Å². The van der Waals surface area contributed by atoms with Crippen LogP contribution in [0.15, 0.2) is 0 Å². The van der Waals surface area contributed by atoms with Crippen molar-refractivity contribution in [1.82, 2.24) is 21.1 Å². The van der Waals surface area contributed by atoms with Gasteiger partial charge in [-0.3, -0.25) is 15.5 Å². The van der Waals surface area contributed by atoms with Gasteiger partial charge in [0.25, 0.3) is 0 Å². The van der Waals surface area contributed by atoms with Gasteiger partial charge in [0.2, 0.25) is 5.91 Å². The van der Waals surface area contributed by atoms with Crippen LogP contribution in [0.3, 0.4) is 0 Å². The van der Waals surface area contributed by atoms with Crippen molar-refractivity contribution in [3.05, 3.63) is 0 Å². The van der Waals surface area contributed by atoms with E-state index < -0.39 is 0 Å². The van der Waals surface area contributed by atoms with Gasteiger partial charge < -0.3 is 5.32 Å². The number of carbonyl (C=O) groups excluding carboxylic acids is 1. The van der Waals surface area contributed by atoms with Crippen molar-refractivity contribution >= 4 is 17.7 Å². The van der Waals surface area contributed by atoms with E-state index in [0.717, 1.165) is 37.6 Å². The summed E-state index contributed by atoms with van der Waals surface area (Å²) in [4.78, 5) is 11.6. The van der Waals surface area contributed by atoms with Crippen LogP contribution >= 0.6 is 11.8 Å². The molecule has 92 valence electrons. The van der Waals surface area contributed by atoms with Gasteiger partial charge in [0, 0.05) is 24.6 Å². The van der Waals surface area contributed by atoms with Crippen molar-refractivity contribution in [2.75, 3.05) is 37.7 Å². The maximum atomic E-state index is 11.6. The molecule has 1 amide bonds. The van der Waals surface area contributed by atoms with Crippen LogP contribution < -0.4 is 16.1 Å². The first-order chi connectivity index (χ1) is 7.84. The lowest BCUT2D eigenvalue weighted by Crippen LogP contribution is -2.51. The molecule has 0 radical (unpaired) electrons. The third kappa shape index (κ3) is 3.93. The van der Waals surface area contributed by atoms with E-state index in [1.807, 2.05) is 16.8 Å². The number of rotatable bonds is 4. The third-order valence-electron chi connectivity index (χ3n) is 2.86. The molecule has 2 saturated heterocycles. The Hall–Kier alpha value is -0.300. The Morgan fingerprint density at radius 2 is 2.25 bits per heavy atom. The van der Waals surface area contributed by atoms with Gasteiger partial charge >= 0.3 is 0 Å². The third-order valence-corrected chi connectivity index (χ3v) is 3.81. The molecule has 0 bridgehead atoms. The molecule has 0 spiro atoms. The molecule has 2 fully saturated rings. The van der Waals surface area contributed by atoms with Crippen molar-refractivity contribution in [2.45, 2.75) is 19.0 Å². The number of hydrogen-bond acceptors (Lipinski definition) is 5. The SMILES string of the molecule is O=C(CNC1CCCN1)NN1CCSCC1. The van der Waals surface area contributed by atoms with E-state index in [4.69, 9.17) is 0 Å². The Balaban J connectivity index is 1.59. The number of amides is 1. The first kappa shape index (κ1) is 12.2. The monoisotopic (exact) mass is 244 g/mol. The Morgan fingerprint density at radius 3 is 2.94 bits per heavy atom. The molecule has 0 aliphatic carbocycles. The fraction of sp³-hybridized carbons (Fsp3) is 0.900. The zero-order valence-electron chi connectivity index (χ0n) is 9.50. The molecule has 0 saturated carbocycles. The van der Waals surface area contributed by atoms with Gasteiger partial charge in [-0.1, -0.05) is 0 Å². The fourth-order valence-corrected chi connectivity index (χ4v) is 2.87. The second-order valence-electron chi connectivity index (χ2n) is 4.16. The van der Waals surface area contributed by atoms with Gasteiger partial charge in [0.15, 0.2) is 0 Å². The van der Waals surface area contributed by atoms with E-state index in [0.29, 0.717) is 12.7 Å². The minimum absolute atomic E-state index is 0.0700. The molecule has 2 aliphatic rings. The Labute approximate surface area is 101 Å². The van der Waals surface area contributed by atoms with Crippen LogP contribution in [0.5, 0.6) is 0 Å². The summed E-state index contributed by atoms with van der Waals surface area (Å²) in [6.45, 7) is 3.38. The summed E-state index contributed by atoms with van der Waals surface area (Å²) >= 11 is 1.94. The van der Waals surface area contributed by atoms with E-state index in [2.05, 4.69) is 16.1 Å². The van der Waals surface area contributed by atoms with E-state index in [1.54, 1.807) is 0 Å². The summed E-state index contributed by atoms with van der Waals surface area (Å²) in [5.41, 5.74) is 2.93. The Morgan fingerprint density at radius 1 is 1.44 bits per heavy atom. The molecule has 0 aromatic rings. The van der Waals surface area contributed by atoms with Crippen LogP contribution in [0.25, 0.3) is 0 Å². The van der Waals surface area contributed by atoms with Gasteiger partial charge in [0.05, 0.1) is 12.7 Å². The molecule has 1 unspecified atom stereocenters. The second kappa shape index (κ2) is 6.44. The number of nitrogens with zero attached hydrogens (tertiary/aromatic N) is 1. The summed E-state index contributed by atoms with van der Waals surface area (Å²) < 4.78 is 0. The van der Waals surface area contributed by atoms with Gasteiger partial charge in [-0.2, -0.15) is 11.8 Å². The zero-order valence-corrected chi connectivity index (χ0v) is 10.3. The van der Waals surface area contributed by atoms with Crippen molar-refractivity contribution in [2.24, 2.45) is 0 Å². The summed E-state index contributed by atoms with van der Waals surface area (Å²) in [5, 5.41) is 8.54. The maximum absolute atomic E-state index is 11.6. The average Bonchev–Trinajstić information content (AvgIpc) is 2.81. The summed E-state index contributed by atoms with van der Waals surface area (Å²) in [6.07, 6.45) is 2.64. The highest BCUT2D eigenvalue weighted by Gasteiger charge is 2.16. The molecule has 0 aromatic carbocycles. The van der Waals surface area contributed by atoms with Crippen molar-refractivity contribution in [3.63, 3.8) is 0 Å². The minimum Gasteiger partial charge on any atom is -0.302 e. The summed E-state index contributed by atoms with van der Waals surface area (Å²) in [6, 6.07) is 0. The number of hydrazine groups is 1. The molecule has 5 nitrogen and oxygen atoms in total. The maximum Gasteiger partial charge on any atom is 0.248 e. The average molecular weight is 244 g/mol. The number of nitrogens with one attached hydrogen (secondary N) is 3. The highest BCUT2D eigenvalue weighted by atomic mass is 32.2. The highest BCUT2D eigenvalue weighted by molar-refractivity contribution is 7.99. The molecule has 2 rings (SSSR count). The Kier molecular flexibility index (Phi) is 4.90. The van der Waals surface area contributed by atoms with Crippen molar-refractivity contribution in [1.29, 1.82) is 0 Å². The van der Waals surface area contributed by atoms with Gasteiger partial charge in [-0.25, -0.2) is 5.01 Å². The molecule has 2 heterocycles. The van der Waals surface area contributed by atoms with Crippen LogP contribution in [0.4, 0.5) is 0 Å². The summed E-state index contributed by atoms with van der Waals surface area (Å²) in [7, 11) is 0. The van der Waals surface area contributed by atoms with Gasteiger partial charge in [-0.05, 0) is 19.4 Å². The van der Waals surface area contributed by atoms with Crippen LogP contribution in [0, 0.1) is 0 Å². The predicted octanol–water partition coefficient (Wildman–Crippen LogP) is -0.634. The standard InChI is InChI=1S/C10H20N4OS/c15-10(8-12-9-2-1-3-11-9)13-14-4-6-16-7-5-14/h9,11-12H,1-8H2,(H,13,15). The second-order valence-corrected chi connectivity index (χ2v) is 5.39. The quantitative estimate of drug-likeness (QED) is 0.614. The first-order valence-electron chi connectivity index (χ1n) is 5.93. The normalized spacial score (nSPS) is 26.9. The lowest BCUT2D eigenvalue weighted by atomic mass is 10.3. The van der Waals surface area contributed by atoms with Crippen molar-refractivity contribution < 1.29 is 4.79 Å². The number of carbonyl (C=O) groups is 1. The van der Waals surface area contributed by atoms with Crippen LogP contribution in [0.1, 0.15) is 12.8 Å². The zero-order chi connectivity index (χ0) is 11.2. The lowest BCUT2D eigenvalue weighted by molar-refractivity contribution is -0.125. The molecule has 3 N–H and O–H groups in total. The van der Waals surface area contributed by atoms with E-state index in [-0.39, 0.29) is 5.91 Å². The Bertz CT molecular complexity index is 227. The predicted molar refractivity (Wildman–Crippen MR) is 66.1 cm³/mol. The molecule has 16 heavy (non-hydrogen) atoms. The van der Waals surface area contributed by atoms with Crippen molar-refractivity contribution in [3.8, 4) is 0 Å². The van der Waals surface area contributed by atoms with Crippen LogP contribution in [-0.4, -0.2) is 54.8 Å². The molecular formula is C10H20N4OS. The van der Waals surface area contributed by atoms with E-state index in [9.17, 15) is 4.79 Å². The van der Waals surface area contributed by atoms with E-state index >= 15 is 0 Å². The van der Waals surface area contributed by atoms with Crippen LogP contribution in [0.2, 0.25) is 0 Å². The van der Waals surface area contributed by atoms with Gasteiger partial charge in [0.1, 0.15) is 0 Å². The summed E-state index contributed by atoms with van der Waals surface area (Å²) in [5.74, 6) is 2.29. The molecular weight excluding hydrogens is 224 g/mol. The van der Waals surface area contributed by atoms with Gasteiger partial charge in [-0.15, -0.1) is 0 Å². The lowest BCUT2D eigenvalue weighted by Gasteiger charge is -2.26. The molecule has 0 aromatic heterocycles. The molecule has 6 heteroatoms. The number of hydrogen-bond donors (Lipinski definition) is 3. The molecule has 2 aliphatic heterocycles. The smallest absolute Gasteiger partial charge is 0.248 e. The number of thioether (sulfide) groups is 1. The van der Waals surface area contributed by atoms with Crippen LogP contribution in [-0.2, 0) is 4.79 Å². The largest absolute Gasteiger partial charge is 0.302 e.